The van der Waals surface area contributed by atoms with Crippen LogP contribution in [0.25, 0.3) is 0 Å². The maximum atomic E-state index is 12.2. The van der Waals surface area contributed by atoms with E-state index >= 15 is 0 Å². The molecule has 1 N–H and O–H groups in total. The third kappa shape index (κ3) is 6.59. The molecule has 7 heteroatoms. The van der Waals surface area contributed by atoms with Crippen LogP contribution in [-0.4, -0.2) is 39.4 Å². The molecule has 27 heavy (non-hydrogen) atoms. The number of thioether (sulfide) groups is 1. The maximum absolute atomic E-state index is 12.2. The Morgan fingerprint density at radius 1 is 1.04 bits per heavy atom. The van der Waals surface area contributed by atoms with Gasteiger partial charge in [0.15, 0.2) is 0 Å². The van der Waals surface area contributed by atoms with Gasteiger partial charge in [0, 0.05) is 18.1 Å². The van der Waals surface area contributed by atoms with E-state index < -0.39 is 10.0 Å². The quantitative estimate of drug-likeness (QED) is 0.650. The summed E-state index contributed by atoms with van der Waals surface area (Å²) < 4.78 is 25.4. The van der Waals surface area contributed by atoms with Crippen molar-refractivity contribution in [3.63, 3.8) is 0 Å². The number of nitrogens with zero attached hydrogens (tertiary/aromatic N) is 1. The molecular weight excluding hydrogens is 380 g/mol. The van der Waals surface area contributed by atoms with Crippen LogP contribution in [0.2, 0.25) is 0 Å². The highest BCUT2D eigenvalue weighted by molar-refractivity contribution is 7.98. The van der Waals surface area contributed by atoms with Crippen LogP contribution in [0.4, 0.5) is 5.69 Å². The van der Waals surface area contributed by atoms with Gasteiger partial charge in [0.2, 0.25) is 15.9 Å². The Morgan fingerprint density at radius 2 is 1.67 bits per heavy atom. The minimum Gasteiger partial charge on any atom is -0.354 e. The van der Waals surface area contributed by atoms with E-state index in [1.807, 2.05) is 31.2 Å². The zero-order valence-corrected chi connectivity index (χ0v) is 17.6. The van der Waals surface area contributed by atoms with Crippen LogP contribution >= 0.6 is 11.8 Å². The van der Waals surface area contributed by atoms with E-state index in [4.69, 9.17) is 0 Å². The van der Waals surface area contributed by atoms with Crippen molar-refractivity contribution >= 4 is 33.4 Å². The van der Waals surface area contributed by atoms with E-state index in [0.717, 1.165) is 27.6 Å². The molecule has 0 bridgehead atoms. The van der Waals surface area contributed by atoms with Gasteiger partial charge in [-0.2, -0.15) is 11.8 Å². The summed E-state index contributed by atoms with van der Waals surface area (Å²) in [5.74, 6) is 1.35. The van der Waals surface area contributed by atoms with Gasteiger partial charge >= 0.3 is 0 Å². The number of para-hydroxylation sites is 1. The van der Waals surface area contributed by atoms with Crippen molar-refractivity contribution in [2.24, 2.45) is 0 Å². The minimum absolute atomic E-state index is 0.216. The first-order chi connectivity index (χ1) is 12.8. The van der Waals surface area contributed by atoms with Crippen LogP contribution in [-0.2, 0) is 20.6 Å². The largest absolute Gasteiger partial charge is 0.354 e. The van der Waals surface area contributed by atoms with Gasteiger partial charge in [0.25, 0.3) is 0 Å². The highest BCUT2D eigenvalue weighted by atomic mass is 32.2. The number of benzene rings is 2. The van der Waals surface area contributed by atoms with Crippen molar-refractivity contribution in [3.05, 3.63) is 65.2 Å². The zero-order valence-electron chi connectivity index (χ0n) is 15.9. The van der Waals surface area contributed by atoms with E-state index in [1.54, 1.807) is 23.9 Å². The second kappa shape index (κ2) is 9.80. The Hall–Kier alpha value is -1.99. The van der Waals surface area contributed by atoms with Crippen molar-refractivity contribution in [2.45, 2.75) is 19.6 Å². The predicted octanol–water partition coefficient (Wildman–Crippen LogP) is 3.12. The maximum Gasteiger partial charge on any atom is 0.240 e. The number of hydrogen-bond acceptors (Lipinski definition) is 4. The summed E-state index contributed by atoms with van der Waals surface area (Å²) in [4.78, 5) is 12.2. The number of rotatable bonds is 9. The van der Waals surface area contributed by atoms with E-state index in [1.165, 1.54) is 11.1 Å². The number of nitrogens with one attached hydrogen (secondary N) is 1. The van der Waals surface area contributed by atoms with Crippen molar-refractivity contribution in [1.82, 2.24) is 5.32 Å². The number of anilines is 1. The molecule has 0 aromatic heterocycles. The molecular formula is C20H26N2O3S2. The Morgan fingerprint density at radius 3 is 2.30 bits per heavy atom. The van der Waals surface area contributed by atoms with Gasteiger partial charge in [0.1, 0.15) is 6.54 Å². The molecule has 2 aromatic carbocycles. The van der Waals surface area contributed by atoms with Gasteiger partial charge in [-0.3, -0.25) is 9.10 Å². The molecule has 0 aliphatic rings. The fourth-order valence-corrected chi connectivity index (χ4v) is 4.48. The van der Waals surface area contributed by atoms with Gasteiger partial charge in [0.05, 0.1) is 11.9 Å². The Labute approximate surface area is 166 Å². The lowest BCUT2D eigenvalue weighted by Crippen LogP contribution is -2.41. The Kier molecular flexibility index (Phi) is 7.74. The first-order valence-electron chi connectivity index (χ1n) is 8.71. The van der Waals surface area contributed by atoms with Crippen molar-refractivity contribution in [1.29, 1.82) is 0 Å². The molecule has 0 fully saturated rings. The number of carbonyl (C=O) groups is 1. The van der Waals surface area contributed by atoms with Crippen LogP contribution in [0.15, 0.2) is 48.5 Å². The van der Waals surface area contributed by atoms with Gasteiger partial charge in [-0.25, -0.2) is 8.42 Å². The van der Waals surface area contributed by atoms with Gasteiger partial charge in [-0.1, -0.05) is 42.5 Å². The molecule has 0 radical (unpaired) electrons. The number of sulfonamides is 1. The molecule has 0 aliphatic heterocycles. The van der Waals surface area contributed by atoms with Crippen LogP contribution in [0.3, 0.4) is 0 Å². The molecule has 0 aliphatic carbocycles. The zero-order chi connectivity index (χ0) is 19.9. The van der Waals surface area contributed by atoms with E-state index in [0.29, 0.717) is 12.2 Å². The number of carbonyl (C=O) groups excluding carboxylic acids is 1. The molecule has 1 amide bonds. The van der Waals surface area contributed by atoms with Gasteiger partial charge < -0.3 is 5.32 Å². The van der Waals surface area contributed by atoms with Crippen molar-refractivity contribution in [3.8, 4) is 0 Å². The van der Waals surface area contributed by atoms with Crippen LogP contribution in [0.5, 0.6) is 0 Å². The SMILES string of the molecule is Cc1ccccc1CSCCNC(=O)CN(c1ccccc1C)S(C)(=O)=O. The van der Waals surface area contributed by atoms with E-state index in [2.05, 4.69) is 24.4 Å². The van der Waals surface area contributed by atoms with Gasteiger partial charge in [-0.05, 0) is 36.6 Å². The lowest BCUT2D eigenvalue weighted by Gasteiger charge is -2.23. The summed E-state index contributed by atoms with van der Waals surface area (Å²) in [6, 6.07) is 15.4. The molecule has 5 nitrogen and oxygen atoms in total. The molecule has 0 unspecified atom stereocenters. The lowest BCUT2D eigenvalue weighted by atomic mass is 10.1. The average Bonchev–Trinajstić information content (AvgIpc) is 2.61. The third-order valence-electron chi connectivity index (χ3n) is 4.16. The molecule has 0 spiro atoms. The van der Waals surface area contributed by atoms with Crippen LogP contribution in [0, 0.1) is 13.8 Å². The fraction of sp³-hybridized carbons (Fsp3) is 0.350. The monoisotopic (exact) mass is 406 g/mol. The minimum atomic E-state index is -3.54. The van der Waals surface area contributed by atoms with Crippen molar-refractivity contribution < 1.29 is 13.2 Å². The fourth-order valence-electron chi connectivity index (χ4n) is 2.63. The standard InChI is InChI=1S/C20H26N2O3S2/c1-16-8-4-6-10-18(16)15-26-13-12-21-20(23)14-22(27(3,24)25)19-11-7-5-9-17(19)2/h4-11H,12-15H2,1-3H3,(H,21,23). The molecule has 2 rings (SSSR count). The third-order valence-corrected chi connectivity index (χ3v) is 6.29. The average molecular weight is 407 g/mol. The van der Waals surface area contributed by atoms with Gasteiger partial charge in [-0.15, -0.1) is 0 Å². The molecule has 2 aromatic rings. The highest BCUT2D eigenvalue weighted by Gasteiger charge is 2.21. The highest BCUT2D eigenvalue weighted by Crippen LogP contribution is 2.21. The molecule has 0 atom stereocenters. The number of hydrogen-bond donors (Lipinski definition) is 1. The lowest BCUT2D eigenvalue weighted by molar-refractivity contribution is -0.119. The molecule has 146 valence electrons. The normalized spacial score (nSPS) is 11.2. The smallest absolute Gasteiger partial charge is 0.240 e. The second-order valence-electron chi connectivity index (χ2n) is 6.39. The summed E-state index contributed by atoms with van der Waals surface area (Å²) in [6.45, 7) is 4.20. The van der Waals surface area contributed by atoms with E-state index in [9.17, 15) is 13.2 Å². The summed E-state index contributed by atoms with van der Waals surface area (Å²) in [5.41, 5.74) is 3.89. The van der Waals surface area contributed by atoms with E-state index in [-0.39, 0.29) is 12.5 Å². The van der Waals surface area contributed by atoms with Crippen LogP contribution < -0.4 is 9.62 Å². The Balaban J connectivity index is 1.84. The van der Waals surface area contributed by atoms with Crippen molar-refractivity contribution in [2.75, 3.05) is 29.4 Å². The second-order valence-corrected chi connectivity index (χ2v) is 9.40. The summed E-state index contributed by atoms with van der Waals surface area (Å²) >= 11 is 1.74. The first kappa shape index (κ1) is 21.3. The topological polar surface area (TPSA) is 66.5 Å². The first-order valence-corrected chi connectivity index (χ1v) is 11.7. The number of aryl methyl sites for hydroxylation is 2. The number of amides is 1. The molecule has 0 saturated carbocycles. The summed E-state index contributed by atoms with van der Waals surface area (Å²) in [6.07, 6.45) is 1.12. The Bertz CT molecular complexity index is 882. The molecule has 0 heterocycles. The summed E-state index contributed by atoms with van der Waals surface area (Å²) in [7, 11) is -3.54. The van der Waals surface area contributed by atoms with Crippen LogP contribution in [0.1, 0.15) is 16.7 Å². The predicted molar refractivity (Wildman–Crippen MR) is 114 cm³/mol. The molecule has 0 saturated heterocycles. The summed E-state index contributed by atoms with van der Waals surface area (Å²) in [5, 5.41) is 2.81.